The van der Waals surface area contributed by atoms with E-state index in [4.69, 9.17) is 9.47 Å². The third-order valence-corrected chi connectivity index (χ3v) is 3.27. The maximum Gasteiger partial charge on any atom is 0.258 e. The molecule has 0 unspecified atom stereocenters. The minimum absolute atomic E-state index is 0.0250. The number of rotatable bonds is 7. The SMILES string of the molecule is C/C=C/c1ccc(OCC(=O)NC(C)(C)CC)c(OC)c1. The number of hydrogen-bond acceptors (Lipinski definition) is 3. The van der Waals surface area contributed by atoms with E-state index < -0.39 is 0 Å². The number of amides is 1. The van der Waals surface area contributed by atoms with Crippen LogP contribution in [0.25, 0.3) is 6.08 Å². The van der Waals surface area contributed by atoms with Gasteiger partial charge in [0.1, 0.15) is 0 Å². The van der Waals surface area contributed by atoms with Crippen LogP contribution in [0.15, 0.2) is 24.3 Å². The Morgan fingerprint density at radius 3 is 2.62 bits per heavy atom. The van der Waals surface area contributed by atoms with Crippen LogP contribution < -0.4 is 14.8 Å². The average Bonchev–Trinajstić information content (AvgIpc) is 2.45. The van der Waals surface area contributed by atoms with E-state index in [-0.39, 0.29) is 18.1 Å². The topological polar surface area (TPSA) is 47.6 Å². The maximum atomic E-state index is 11.9. The molecule has 0 aliphatic carbocycles. The molecular formula is C17H25NO3. The van der Waals surface area contributed by atoms with E-state index in [1.165, 1.54) is 0 Å². The van der Waals surface area contributed by atoms with Crippen LogP contribution >= 0.6 is 0 Å². The van der Waals surface area contributed by atoms with Gasteiger partial charge in [-0.05, 0) is 44.9 Å². The highest BCUT2D eigenvalue weighted by Gasteiger charge is 2.18. The van der Waals surface area contributed by atoms with Crippen LogP contribution in [0, 0.1) is 0 Å². The lowest BCUT2D eigenvalue weighted by atomic mass is 10.0. The highest BCUT2D eigenvalue weighted by atomic mass is 16.5. The van der Waals surface area contributed by atoms with Crippen LogP contribution in [-0.4, -0.2) is 25.2 Å². The molecule has 1 rings (SSSR count). The van der Waals surface area contributed by atoms with Crippen molar-refractivity contribution in [3.05, 3.63) is 29.8 Å². The van der Waals surface area contributed by atoms with Gasteiger partial charge in [0.2, 0.25) is 0 Å². The molecule has 0 fully saturated rings. The van der Waals surface area contributed by atoms with Gasteiger partial charge in [-0.15, -0.1) is 0 Å². The fourth-order valence-electron chi connectivity index (χ4n) is 1.74. The Labute approximate surface area is 127 Å². The van der Waals surface area contributed by atoms with Gasteiger partial charge in [-0.25, -0.2) is 0 Å². The Kier molecular flexibility index (Phi) is 6.28. The molecule has 1 amide bonds. The van der Waals surface area contributed by atoms with E-state index in [0.717, 1.165) is 12.0 Å². The Morgan fingerprint density at radius 1 is 1.33 bits per heavy atom. The molecular weight excluding hydrogens is 266 g/mol. The predicted octanol–water partition coefficient (Wildman–Crippen LogP) is 3.41. The highest BCUT2D eigenvalue weighted by molar-refractivity contribution is 5.78. The first-order chi connectivity index (χ1) is 9.91. The molecule has 1 N–H and O–H groups in total. The largest absolute Gasteiger partial charge is 0.493 e. The van der Waals surface area contributed by atoms with E-state index in [1.807, 2.05) is 58.0 Å². The molecule has 0 atom stereocenters. The Hall–Kier alpha value is -1.97. The number of hydrogen-bond donors (Lipinski definition) is 1. The molecule has 0 bridgehead atoms. The molecule has 0 aliphatic heterocycles. The molecule has 0 heterocycles. The lowest BCUT2D eigenvalue weighted by molar-refractivity contribution is -0.124. The summed E-state index contributed by atoms with van der Waals surface area (Å²) in [5.41, 5.74) is 0.804. The lowest BCUT2D eigenvalue weighted by Gasteiger charge is -2.24. The molecule has 0 saturated heterocycles. The number of ether oxygens (including phenoxy) is 2. The van der Waals surface area contributed by atoms with Crippen molar-refractivity contribution in [3.8, 4) is 11.5 Å². The quantitative estimate of drug-likeness (QED) is 0.837. The van der Waals surface area contributed by atoms with Crippen LogP contribution in [-0.2, 0) is 4.79 Å². The number of benzene rings is 1. The van der Waals surface area contributed by atoms with Crippen LogP contribution in [0.5, 0.6) is 11.5 Å². The van der Waals surface area contributed by atoms with Crippen molar-refractivity contribution in [2.45, 2.75) is 39.7 Å². The number of nitrogens with one attached hydrogen (secondary N) is 1. The van der Waals surface area contributed by atoms with Gasteiger partial charge < -0.3 is 14.8 Å². The second kappa shape index (κ2) is 7.72. The molecule has 21 heavy (non-hydrogen) atoms. The summed E-state index contributed by atoms with van der Waals surface area (Å²) in [5.74, 6) is 1.05. The summed E-state index contributed by atoms with van der Waals surface area (Å²) in [6.45, 7) is 7.93. The molecule has 0 spiro atoms. The summed E-state index contributed by atoms with van der Waals surface area (Å²) in [6, 6.07) is 5.61. The van der Waals surface area contributed by atoms with Crippen LogP contribution in [0.4, 0.5) is 0 Å². The van der Waals surface area contributed by atoms with Crippen LogP contribution in [0.1, 0.15) is 39.7 Å². The van der Waals surface area contributed by atoms with Crippen LogP contribution in [0.3, 0.4) is 0 Å². The zero-order valence-electron chi connectivity index (χ0n) is 13.5. The van der Waals surface area contributed by atoms with Crippen molar-refractivity contribution in [2.75, 3.05) is 13.7 Å². The van der Waals surface area contributed by atoms with Crippen molar-refractivity contribution in [3.63, 3.8) is 0 Å². The summed E-state index contributed by atoms with van der Waals surface area (Å²) in [5, 5.41) is 2.93. The van der Waals surface area contributed by atoms with Crippen molar-refractivity contribution in [1.82, 2.24) is 5.32 Å². The predicted molar refractivity (Wildman–Crippen MR) is 85.7 cm³/mol. The minimum atomic E-state index is -0.222. The number of allylic oxidation sites excluding steroid dienone is 1. The summed E-state index contributed by atoms with van der Waals surface area (Å²) in [6.07, 6.45) is 4.79. The van der Waals surface area contributed by atoms with Gasteiger partial charge in [-0.3, -0.25) is 4.79 Å². The van der Waals surface area contributed by atoms with E-state index in [9.17, 15) is 4.79 Å². The number of carbonyl (C=O) groups excluding carboxylic acids is 1. The van der Waals surface area contributed by atoms with Gasteiger partial charge in [0.05, 0.1) is 7.11 Å². The van der Waals surface area contributed by atoms with Gasteiger partial charge in [-0.1, -0.05) is 25.1 Å². The summed E-state index contributed by atoms with van der Waals surface area (Å²) < 4.78 is 10.8. The number of methoxy groups -OCH3 is 1. The minimum Gasteiger partial charge on any atom is -0.493 e. The van der Waals surface area contributed by atoms with Crippen molar-refractivity contribution in [2.24, 2.45) is 0 Å². The first-order valence-electron chi connectivity index (χ1n) is 7.16. The normalized spacial score (nSPS) is 11.5. The average molecular weight is 291 g/mol. The van der Waals surface area contributed by atoms with Crippen molar-refractivity contribution >= 4 is 12.0 Å². The Bertz CT molecular complexity index is 507. The Balaban J connectivity index is 2.69. The van der Waals surface area contributed by atoms with Gasteiger partial charge in [0.15, 0.2) is 18.1 Å². The van der Waals surface area contributed by atoms with E-state index in [1.54, 1.807) is 7.11 Å². The zero-order valence-corrected chi connectivity index (χ0v) is 13.5. The molecule has 116 valence electrons. The Morgan fingerprint density at radius 2 is 2.05 bits per heavy atom. The first-order valence-corrected chi connectivity index (χ1v) is 7.16. The van der Waals surface area contributed by atoms with Gasteiger partial charge in [0, 0.05) is 5.54 Å². The molecule has 0 aromatic heterocycles. The third-order valence-electron chi connectivity index (χ3n) is 3.27. The fraction of sp³-hybridized carbons (Fsp3) is 0.471. The van der Waals surface area contributed by atoms with Crippen LogP contribution in [0.2, 0.25) is 0 Å². The zero-order chi connectivity index (χ0) is 15.9. The smallest absolute Gasteiger partial charge is 0.258 e. The second-order valence-electron chi connectivity index (χ2n) is 5.48. The van der Waals surface area contributed by atoms with E-state index in [2.05, 4.69) is 5.32 Å². The maximum absolute atomic E-state index is 11.9. The van der Waals surface area contributed by atoms with Gasteiger partial charge >= 0.3 is 0 Å². The fourth-order valence-corrected chi connectivity index (χ4v) is 1.74. The lowest BCUT2D eigenvalue weighted by Crippen LogP contribution is -2.44. The highest BCUT2D eigenvalue weighted by Crippen LogP contribution is 2.28. The molecule has 4 nitrogen and oxygen atoms in total. The standard InChI is InChI=1S/C17H25NO3/c1-6-8-13-9-10-14(15(11-13)20-5)21-12-16(19)18-17(3,4)7-2/h6,8-11H,7,12H2,1-5H3,(H,18,19)/b8-6+. The van der Waals surface area contributed by atoms with Gasteiger partial charge in [-0.2, -0.15) is 0 Å². The second-order valence-corrected chi connectivity index (χ2v) is 5.48. The van der Waals surface area contributed by atoms with E-state index >= 15 is 0 Å². The molecule has 4 heteroatoms. The summed E-state index contributed by atoms with van der Waals surface area (Å²) >= 11 is 0. The summed E-state index contributed by atoms with van der Waals surface area (Å²) in [7, 11) is 1.59. The van der Waals surface area contributed by atoms with Gasteiger partial charge in [0.25, 0.3) is 5.91 Å². The first kappa shape index (κ1) is 17.1. The van der Waals surface area contributed by atoms with Crippen molar-refractivity contribution < 1.29 is 14.3 Å². The van der Waals surface area contributed by atoms with Crippen molar-refractivity contribution in [1.29, 1.82) is 0 Å². The molecule has 0 radical (unpaired) electrons. The molecule has 1 aromatic carbocycles. The molecule has 0 saturated carbocycles. The monoisotopic (exact) mass is 291 g/mol. The number of carbonyl (C=O) groups is 1. The van der Waals surface area contributed by atoms with E-state index in [0.29, 0.717) is 11.5 Å². The summed E-state index contributed by atoms with van der Waals surface area (Å²) in [4.78, 5) is 11.9. The molecule has 0 aliphatic rings. The molecule has 1 aromatic rings. The third kappa shape index (κ3) is 5.50.